The number of nitrogens with zero attached hydrogens (tertiary/aromatic N) is 3. The topological polar surface area (TPSA) is 33.1 Å². The molecular weight excluding hydrogens is 152 g/mol. The van der Waals surface area contributed by atoms with Gasteiger partial charge in [-0.1, -0.05) is 0 Å². The third-order valence-corrected chi connectivity index (χ3v) is 2.20. The Bertz CT molecular complexity index is 277. The molecule has 0 radical (unpaired) electrons. The summed E-state index contributed by atoms with van der Waals surface area (Å²) in [4.78, 5) is 2.10. The summed E-state index contributed by atoms with van der Waals surface area (Å²) in [5.41, 5.74) is 2.52. The van der Waals surface area contributed by atoms with Crippen LogP contribution in [0.1, 0.15) is 5.69 Å². The van der Waals surface area contributed by atoms with Crippen molar-refractivity contribution in [3.05, 3.63) is 11.9 Å². The lowest BCUT2D eigenvalue weighted by atomic mass is 10.3. The summed E-state index contributed by atoms with van der Waals surface area (Å²) in [5.74, 6) is 0. The van der Waals surface area contributed by atoms with Gasteiger partial charge in [0.15, 0.2) is 0 Å². The molecule has 0 aliphatic carbocycles. The quantitative estimate of drug-likeness (QED) is 0.640. The summed E-state index contributed by atoms with van der Waals surface area (Å²) in [6, 6.07) is 0. The maximum atomic E-state index is 4.31. The zero-order chi connectivity index (χ0) is 8.55. The minimum absolute atomic E-state index is 0.938. The van der Waals surface area contributed by atoms with Gasteiger partial charge in [-0.2, -0.15) is 5.10 Å². The first-order valence-electron chi connectivity index (χ1n) is 4.22. The molecule has 66 valence electrons. The first-order valence-corrected chi connectivity index (χ1v) is 4.22. The van der Waals surface area contributed by atoms with Gasteiger partial charge in [0.1, 0.15) is 0 Å². The fourth-order valence-corrected chi connectivity index (χ4v) is 1.54. The van der Waals surface area contributed by atoms with Gasteiger partial charge in [-0.3, -0.25) is 4.68 Å². The van der Waals surface area contributed by atoms with E-state index in [0.717, 1.165) is 19.6 Å². The van der Waals surface area contributed by atoms with Crippen molar-refractivity contribution in [1.82, 2.24) is 15.1 Å². The number of hydrogen-bond acceptors (Lipinski definition) is 3. The van der Waals surface area contributed by atoms with E-state index in [1.165, 1.54) is 11.4 Å². The van der Waals surface area contributed by atoms with Crippen LogP contribution in [0, 0.1) is 0 Å². The van der Waals surface area contributed by atoms with E-state index >= 15 is 0 Å². The van der Waals surface area contributed by atoms with Crippen LogP contribution in [0.4, 0.5) is 5.69 Å². The molecule has 0 fully saturated rings. The van der Waals surface area contributed by atoms with Gasteiger partial charge < -0.3 is 10.2 Å². The Morgan fingerprint density at radius 2 is 2.42 bits per heavy atom. The largest absolute Gasteiger partial charge is 0.375 e. The molecule has 0 spiro atoms. The number of hydrogen-bond donors (Lipinski definition) is 1. The Morgan fingerprint density at radius 3 is 3.17 bits per heavy atom. The van der Waals surface area contributed by atoms with Gasteiger partial charge in [-0.05, 0) is 0 Å². The highest BCUT2D eigenvalue weighted by Gasteiger charge is 2.14. The lowest BCUT2D eigenvalue weighted by Gasteiger charge is -2.18. The van der Waals surface area contributed by atoms with Crippen LogP contribution in [0.25, 0.3) is 0 Å². The molecule has 1 aliphatic rings. The van der Waals surface area contributed by atoms with E-state index < -0.39 is 0 Å². The van der Waals surface area contributed by atoms with Crippen molar-refractivity contribution < 1.29 is 0 Å². The molecule has 0 unspecified atom stereocenters. The number of anilines is 1. The van der Waals surface area contributed by atoms with E-state index in [4.69, 9.17) is 0 Å². The second kappa shape index (κ2) is 2.79. The molecule has 0 amide bonds. The number of aromatic nitrogens is 2. The lowest BCUT2D eigenvalue weighted by Crippen LogP contribution is -2.29. The normalized spacial score (nSPS) is 15.8. The average Bonchev–Trinajstić information content (AvgIpc) is 2.47. The van der Waals surface area contributed by atoms with Crippen LogP contribution in [0.2, 0.25) is 0 Å². The van der Waals surface area contributed by atoms with E-state index in [1.807, 2.05) is 20.3 Å². The predicted octanol–water partition coefficient (Wildman–Crippen LogP) is 0.0523. The Balaban J connectivity index is 2.38. The molecule has 1 N–H and O–H groups in total. The average molecular weight is 166 g/mol. The number of rotatable bonds is 1. The molecule has 2 rings (SSSR count). The van der Waals surface area contributed by atoms with Gasteiger partial charge in [0.05, 0.1) is 24.1 Å². The molecule has 1 aromatic heterocycles. The highest BCUT2D eigenvalue weighted by atomic mass is 15.3. The van der Waals surface area contributed by atoms with Gasteiger partial charge in [0.2, 0.25) is 0 Å². The van der Waals surface area contributed by atoms with E-state index in [1.54, 1.807) is 0 Å². The third kappa shape index (κ3) is 1.08. The standard InChI is InChI=1S/C8H14N4/c1-11(2)7-6-10-12-4-3-9-5-8(7)12/h6,9H,3-5H2,1-2H3. The monoisotopic (exact) mass is 166 g/mol. The Morgan fingerprint density at radius 1 is 1.58 bits per heavy atom. The van der Waals surface area contributed by atoms with E-state index in [0.29, 0.717) is 0 Å². The molecule has 0 aromatic carbocycles. The molecule has 12 heavy (non-hydrogen) atoms. The maximum Gasteiger partial charge on any atom is 0.0793 e. The van der Waals surface area contributed by atoms with Crippen molar-refractivity contribution in [1.29, 1.82) is 0 Å². The van der Waals surface area contributed by atoms with Crippen LogP contribution in [-0.4, -0.2) is 30.4 Å². The second-order valence-corrected chi connectivity index (χ2v) is 3.27. The van der Waals surface area contributed by atoms with Crippen molar-refractivity contribution in [2.24, 2.45) is 0 Å². The summed E-state index contributed by atoms with van der Waals surface area (Å²) >= 11 is 0. The Kier molecular flexibility index (Phi) is 1.77. The van der Waals surface area contributed by atoms with Crippen LogP contribution in [0.3, 0.4) is 0 Å². The van der Waals surface area contributed by atoms with E-state index in [2.05, 4.69) is 20.0 Å². The summed E-state index contributed by atoms with van der Waals surface area (Å²) in [7, 11) is 4.10. The van der Waals surface area contributed by atoms with Crippen molar-refractivity contribution in [3.63, 3.8) is 0 Å². The molecule has 0 saturated heterocycles. The molecule has 4 nitrogen and oxygen atoms in total. The van der Waals surface area contributed by atoms with Crippen LogP contribution >= 0.6 is 0 Å². The van der Waals surface area contributed by atoms with Gasteiger partial charge in [-0.15, -0.1) is 0 Å². The smallest absolute Gasteiger partial charge is 0.0793 e. The van der Waals surface area contributed by atoms with Crippen LogP contribution in [0.15, 0.2) is 6.20 Å². The Hall–Kier alpha value is -1.03. The first-order chi connectivity index (χ1) is 5.79. The number of fused-ring (bicyclic) bond motifs is 1. The zero-order valence-electron chi connectivity index (χ0n) is 7.54. The zero-order valence-corrected chi connectivity index (χ0v) is 7.54. The van der Waals surface area contributed by atoms with Gasteiger partial charge in [-0.25, -0.2) is 0 Å². The second-order valence-electron chi connectivity index (χ2n) is 3.27. The lowest BCUT2D eigenvalue weighted by molar-refractivity contribution is 0.476. The van der Waals surface area contributed by atoms with Crippen LogP contribution in [-0.2, 0) is 13.1 Å². The maximum absolute atomic E-state index is 4.31. The molecular formula is C8H14N4. The number of nitrogens with one attached hydrogen (secondary N) is 1. The highest BCUT2D eigenvalue weighted by molar-refractivity contribution is 5.48. The molecule has 0 atom stereocenters. The fourth-order valence-electron chi connectivity index (χ4n) is 1.54. The van der Waals surface area contributed by atoms with Gasteiger partial charge >= 0.3 is 0 Å². The third-order valence-electron chi connectivity index (χ3n) is 2.20. The minimum Gasteiger partial charge on any atom is -0.375 e. The minimum atomic E-state index is 0.938. The van der Waals surface area contributed by atoms with Gasteiger partial charge in [0, 0.05) is 27.2 Å². The summed E-state index contributed by atoms with van der Waals surface area (Å²) in [6.07, 6.45) is 1.93. The first kappa shape index (κ1) is 7.61. The van der Waals surface area contributed by atoms with Crippen LogP contribution in [0.5, 0.6) is 0 Å². The molecule has 1 aromatic rings. The van der Waals surface area contributed by atoms with Crippen molar-refractivity contribution >= 4 is 5.69 Å². The SMILES string of the molecule is CN(C)c1cnn2c1CNCC2. The van der Waals surface area contributed by atoms with Crippen molar-refractivity contribution in [3.8, 4) is 0 Å². The molecule has 0 saturated carbocycles. The summed E-state index contributed by atoms with van der Waals surface area (Å²) in [6.45, 7) is 2.96. The van der Waals surface area contributed by atoms with Crippen molar-refractivity contribution in [2.45, 2.75) is 13.1 Å². The van der Waals surface area contributed by atoms with Gasteiger partial charge in [0.25, 0.3) is 0 Å². The predicted molar refractivity (Wildman–Crippen MR) is 48.3 cm³/mol. The summed E-state index contributed by atoms with van der Waals surface area (Å²) in [5, 5.41) is 7.65. The van der Waals surface area contributed by atoms with E-state index in [-0.39, 0.29) is 0 Å². The molecule has 1 aliphatic heterocycles. The molecule has 2 heterocycles. The highest BCUT2D eigenvalue weighted by Crippen LogP contribution is 2.18. The molecule has 0 bridgehead atoms. The van der Waals surface area contributed by atoms with E-state index in [9.17, 15) is 0 Å². The fraction of sp³-hybridized carbons (Fsp3) is 0.625. The summed E-state index contributed by atoms with van der Waals surface area (Å²) < 4.78 is 2.08. The van der Waals surface area contributed by atoms with Crippen molar-refractivity contribution in [2.75, 3.05) is 25.5 Å². The van der Waals surface area contributed by atoms with Crippen LogP contribution < -0.4 is 10.2 Å². The molecule has 4 heteroatoms. The Labute approximate surface area is 72.2 Å².